The maximum Gasteiger partial charge on any atom is 0.324 e. The minimum atomic E-state index is -0.200. The van der Waals surface area contributed by atoms with E-state index < -0.39 is 0 Å². The molecule has 0 bridgehead atoms. The van der Waals surface area contributed by atoms with Crippen LogP contribution in [-0.4, -0.2) is 29.4 Å². The Kier molecular flexibility index (Phi) is 2.44. The van der Waals surface area contributed by atoms with E-state index in [0.717, 1.165) is 19.3 Å². The lowest BCUT2D eigenvalue weighted by Crippen LogP contribution is -2.46. The van der Waals surface area contributed by atoms with Crippen LogP contribution in [0.2, 0.25) is 0 Å². The Morgan fingerprint density at radius 2 is 2.21 bits per heavy atom. The van der Waals surface area contributed by atoms with Gasteiger partial charge in [-0.25, -0.2) is 4.79 Å². The summed E-state index contributed by atoms with van der Waals surface area (Å²) in [6, 6.07) is -0.0625. The average Bonchev–Trinajstić information content (AvgIpc) is 2.40. The Hall–Kier alpha value is -1.06. The number of carbonyl (C=O) groups is 2. The summed E-state index contributed by atoms with van der Waals surface area (Å²) in [6.07, 6.45) is 4.44. The largest absolute Gasteiger partial charge is 0.329 e. The summed E-state index contributed by atoms with van der Waals surface area (Å²) in [5.41, 5.74) is 0. The van der Waals surface area contributed by atoms with Gasteiger partial charge < -0.3 is 5.32 Å². The number of carbonyl (C=O) groups excluding carboxylic acids is 2. The molecule has 2 fully saturated rings. The summed E-state index contributed by atoms with van der Waals surface area (Å²) in [6.45, 7) is 2.23. The number of nitrogens with zero attached hydrogens (tertiary/aromatic N) is 1. The van der Waals surface area contributed by atoms with Crippen molar-refractivity contribution in [2.75, 3.05) is 6.54 Å². The summed E-state index contributed by atoms with van der Waals surface area (Å²) < 4.78 is 0. The van der Waals surface area contributed by atoms with E-state index in [1.54, 1.807) is 0 Å². The van der Waals surface area contributed by atoms with E-state index in [4.69, 9.17) is 0 Å². The molecular formula is C10H16N2O2. The first kappa shape index (κ1) is 9.49. The van der Waals surface area contributed by atoms with E-state index in [1.165, 1.54) is 11.3 Å². The normalized spacial score (nSPS) is 24.8. The van der Waals surface area contributed by atoms with Gasteiger partial charge in [0.05, 0.1) is 6.54 Å². The third kappa shape index (κ3) is 1.38. The molecule has 14 heavy (non-hydrogen) atoms. The molecule has 2 aliphatic rings. The molecule has 4 nitrogen and oxygen atoms in total. The molecule has 1 aliphatic carbocycles. The number of rotatable bonds is 3. The fraction of sp³-hybridized carbons (Fsp3) is 0.800. The zero-order valence-corrected chi connectivity index (χ0v) is 8.45. The number of imide groups is 1. The van der Waals surface area contributed by atoms with Crippen LogP contribution in [0, 0.1) is 5.92 Å². The number of amides is 3. The van der Waals surface area contributed by atoms with Crippen LogP contribution in [0.15, 0.2) is 0 Å². The van der Waals surface area contributed by atoms with E-state index in [1.807, 2.05) is 6.92 Å². The van der Waals surface area contributed by atoms with Crippen LogP contribution in [0.4, 0.5) is 4.79 Å². The van der Waals surface area contributed by atoms with Gasteiger partial charge in [0.2, 0.25) is 5.91 Å². The molecule has 1 saturated heterocycles. The highest BCUT2D eigenvalue weighted by atomic mass is 16.2. The maximum absolute atomic E-state index is 11.5. The Morgan fingerprint density at radius 1 is 1.50 bits per heavy atom. The molecule has 0 radical (unpaired) electrons. The molecule has 3 amide bonds. The monoisotopic (exact) mass is 196 g/mol. The summed E-state index contributed by atoms with van der Waals surface area (Å²) in [7, 11) is 0. The summed E-state index contributed by atoms with van der Waals surface area (Å²) in [5.74, 6) is 0.488. The van der Waals surface area contributed by atoms with Crippen molar-refractivity contribution < 1.29 is 9.59 Å². The molecule has 1 unspecified atom stereocenters. The molecule has 1 heterocycles. The van der Waals surface area contributed by atoms with Crippen LogP contribution in [0.5, 0.6) is 0 Å². The summed E-state index contributed by atoms with van der Waals surface area (Å²) >= 11 is 0. The molecule has 1 saturated carbocycles. The van der Waals surface area contributed by atoms with Gasteiger partial charge in [-0.1, -0.05) is 13.3 Å². The highest BCUT2D eigenvalue weighted by molar-refractivity contribution is 6.02. The zero-order chi connectivity index (χ0) is 10.1. The second kappa shape index (κ2) is 3.59. The van der Waals surface area contributed by atoms with Crippen molar-refractivity contribution in [3.05, 3.63) is 0 Å². The van der Waals surface area contributed by atoms with Gasteiger partial charge >= 0.3 is 6.03 Å². The van der Waals surface area contributed by atoms with Crippen LogP contribution in [0.25, 0.3) is 0 Å². The topological polar surface area (TPSA) is 49.4 Å². The Balaban J connectivity index is 2.09. The van der Waals surface area contributed by atoms with Crippen LogP contribution in [-0.2, 0) is 4.79 Å². The lowest BCUT2D eigenvalue weighted by Gasteiger charge is -2.37. The molecule has 0 aromatic heterocycles. The number of nitrogens with one attached hydrogen (secondary N) is 1. The lowest BCUT2D eigenvalue weighted by atomic mass is 9.78. The van der Waals surface area contributed by atoms with Crippen LogP contribution < -0.4 is 5.32 Å². The third-order valence-electron chi connectivity index (χ3n) is 3.32. The standard InChI is InChI=1S/C10H16N2O2/c1-2-8(7-4-3-5-7)12-9(13)6-11-10(12)14/h7-8H,2-6H2,1H3,(H,11,14). The fourth-order valence-electron chi connectivity index (χ4n) is 2.32. The van der Waals surface area contributed by atoms with Gasteiger partial charge in [-0.2, -0.15) is 0 Å². The molecule has 1 atom stereocenters. The second-order valence-corrected chi connectivity index (χ2v) is 4.09. The molecule has 1 N–H and O–H groups in total. The van der Waals surface area contributed by atoms with Crippen molar-refractivity contribution in [2.24, 2.45) is 5.92 Å². The lowest BCUT2D eigenvalue weighted by molar-refractivity contribution is -0.128. The van der Waals surface area contributed by atoms with Crippen molar-refractivity contribution >= 4 is 11.9 Å². The molecule has 2 rings (SSSR count). The van der Waals surface area contributed by atoms with E-state index in [-0.39, 0.29) is 24.5 Å². The van der Waals surface area contributed by atoms with Crippen LogP contribution in [0.1, 0.15) is 32.6 Å². The summed E-state index contributed by atoms with van der Waals surface area (Å²) in [4.78, 5) is 24.3. The molecule has 0 aromatic rings. The Morgan fingerprint density at radius 3 is 2.57 bits per heavy atom. The van der Waals surface area contributed by atoms with Gasteiger partial charge in [0.15, 0.2) is 0 Å². The highest BCUT2D eigenvalue weighted by Gasteiger charge is 2.39. The Bertz CT molecular complexity index is 245. The smallest absolute Gasteiger partial charge is 0.324 e. The fourth-order valence-corrected chi connectivity index (χ4v) is 2.32. The van der Waals surface area contributed by atoms with Crippen molar-refractivity contribution in [1.29, 1.82) is 0 Å². The first-order chi connectivity index (χ1) is 6.74. The van der Waals surface area contributed by atoms with Crippen molar-refractivity contribution in [3.8, 4) is 0 Å². The van der Waals surface area contributed by atoms with Crippen LogP contribution >= 0.6 is 0 Å². The predicted molar refractivity (Wildman–Crippen MR) is 51.7 cm³/mol. The van der Waals surface area contributed by atoms with Crippen molar-refractivity contribution in [3.63, 3.8) is 0 Å². The molecule has 0 spiro atoms. The maximum atomic E-state index is 11.5. The van der Waals surface area contributed by atoms with Crippen molar-refractivity contribution in [2.45, 2.75) is 38.6 Å². The van der Waals surface area contributed by atoms with E-state index >= 15 is 0 Å². The predicted octanol–water partition coefficient (Wildman–Crippen LogP) is 1.12. The number of hydrogen-bond donors (Lipinski definition) is 1. The van der Waals surface area contributed by atoms with Gasteiger partial charge in [0.25, 0.3) is 0 Å². The van der Waals surface area contributed by atoms with Gasteiger partial charge in [-0.3, -0.25) is 9.69 Å². The quantitative estimate of drug-likeness (QED) is 0.687. The molecule has 4 heteroatoms. The number of hydrogen-bond acceptors (Lipinski definition) is 2. The zero-order valence-electron chi connectivity index (χ0n) is 8.45. The van der Waals surface area contributed by atoms with E-state index in [0.29, 0.717) is 5.92 Å². The molecule has 0 aromatic carbocycles. The van der Waals surface area contributed by atoms with Gasteiger partial charge in [-0.05, 0) is 25.2 Å². The minimum absolute atomic E-state index is 0.0613. The average molecular weight is 196 g/mol. The van der Waals surface area contributed by atoms with Crippen molar-refractivity contribution in [1.82, 2.24) is 10.2 Å². The minimum Gasteiger partial charge on any atom is -0.329 e. The van der Waals surface area contributed by atoms with E-state index in [9.17, 15) is 9.59 Å². The SMILES string of the molecule is CCC(C1CCC1)N1C(=O)CNC1=O. The summed E-state index contributed by atoms with van der Waals surface area (Å²) in [5, 5.41) is 2.57. The number of urea groups is 1. The van der Waals surface area contributed by atoms with E-state index in [2.05, 4.69) is 5.32 Å². The van der Waals surface area contributed by atoms with Gasteiger partial charge in [0, 0.05) is 6.04 Å². The van der Waals surface area contributed by atoms with Gasteiger partial charge in [0.1, 0.15) is 0 Å². The molecule has 1 aliphatic heterocycles. The molecular weight excluding hydrogens is 180 g/mol. The first-order valence-corrected chi connectivity index (χ1v) is 5.34. The van der Waals surface area contributed by atoms with Gasteiger partial charge in [-0.15, -0.1) is 0 Å². The highest BCUT2D eigenvalue weighted by Crippen LogP contribution is 2.34. The third-order valence-corrected chi connectivity index (χ3v) is 3.32. The molecule has 78 valence electrons. The second-order valence-electron chi connectivity index (χ2n) is 4.09. The Labute approximate surface area is 83.6 Å². The first-order valence-electron chi connectivity index (χ1n) is 5.34. The van der Waals surface area contributed by atoms with Crippen LogP contribution in [0.3, 0.4) is 0 Å².